The molecule has 6 rings (SSSR count). The monoisotopic (exact) mass is 415 g/mol. The lowest BCUT2D eigenvalue weighted by atomic mass is 9.88. The summed E-state index contributed by atoms with van der Waals surface area (Å²) in [5.74, 6) is 0. The van der Waals surface area contributed by atoms with Gasteiger partial charge in [0.1, 0.15) is 11.2 Å². The van der Waals surface area contributed by atoms with Gasteiger partial charge in [-0.05, 0) is 69.3 Å². The molecular formula is C30H25NO. The molecule has 0 radical (unpaired) electrons. The predicted octanol–water partition coefficient (Wildman–Crippen LogP) is 8.54. The Morgan fingerprint density at radius 2 is 1.53 bits per heavy atom. The summed E-state index contributed by atoms with van der Waals surface area (Å²) in [5.41, 5.74) is 5.36. The fourth-order valence-electron chi connectivity index (χ4n) is 4.84. The number of furan rings is 1. The van der Waals surface area contributed by atoms with Crippen LogP contribution in [0.4, 0.5) is 0 Å². The lowest BCUT2D eigenvalue weighted by Gasteiger charge is -2.18. The maximum atomic E-state index is 6.50. The Morgan fingerprint density at radius 3 is 2.41 bits per heavy atom. The number of hydrogen-bond donors (Lipinski definition) is 0. The standard InChI is InChI=1S/C30H25NO/c1-30(2,3)18-19-13-14-31-27(15-19)24-10-6-9-23-26-16-21-12-11-20-7-4-5-8-22(20)25(21)17-28(26)32-29(23)24/h4-17H,18H2,1-3H3. The van der Waals surface area contributed by atoms with Crippen LogP contribution in [0.25, 0.3) is 54.7 Å². The number of benzene rings is 4. The van der Waals surface area contributed by atoms with Gasteiger partial charge < -0.3 is 4.42 Å². The third kappa shape index (κ3) is 3.15. The van der Waals surface area contributed by atoms with E-state index in [-0.39, 0.29) is 5.41 Å². The highest BCUT2D eigenvalue weighted by Gasteiger charge is 2.16. The lowest BCUT2D eigenvalue weighted by Crippen LogP contribution is -2.09. The molecule has 6 aromatic rings. The molecule has 0 fully saturated rings. The van der Waals surface area contributed by atoms with Crippen molar-refractivity contribution in [1.29, 1.82) is 0 Å². The molecule has 0 bridgehead atoms. The molecule has 0 unspecified atom stereocenters. The zero-order chi connectivity index (χ0) is 21.9. The maximum absolute atomic E-state index is 6.50. The zero-order valence-corrected chi connectivity index (χ0v) is 18.6. The summed E-state index contributed by atoms with van der Waals surface area (Å²) >= 11 is 0. The normalized spacial score (nSPS) is 12.3. The van der Waals surface area contributed by atoms with Gasteiger partial charge in [0.2, 0.25) is 0 Å². The van der Waals surface area contributed by atoms with Crippen molar-refractivity contribution in [3.8, 4) is 11.3 Å². The minimum atomic E-state index is 0.229. The quantitative estimate of drug-likeness (QED) is 0.265. The Labute approximate surface area is 187 Å². The Balaban J connectivity index is 1.59. The molecule has 0 saturated heterocycles. The molecule has 0 aliphatic rings. The molecule has 0 spiro atoms. The van der Waals surface area contributed by atoms with Crippen molar-refractivity contribution < 1.29 is 4.42 Å². The van der Waals surface area contributed by atoms with Crippen LogP contribution in [0, 0.1) is 5.41 Å². The van der Waals surface area contributed by atoms with Gasteiger partial charge in [-0.2, -0.15) is 0 Å². The number of pyridine rings is 1. The molecule has 0 aliphatic heterocycles. The first-order chi connectivity index (χ1) is 15.5. The minimum absolute atomic E-state index is 0.229. The van der Waals surface area contributed by atoms with Gasteiger partial charge in [0.15, 0.2) is 0 Å². The molecule has 0 saturated carbocycles. The molecule has 0 amide bonds. The second-order valence-corrected chi connectivity index (χ2v) is 9.93. The molecular weight excluding hydrogens is 390 g/mol. The van der Waals surface area contributed by atoms with Gasteiger partial charge in [-0.3, -0.25) is 4.98 Å². The predicted molar refractivity (Wildman–Crippen MR) is 135 cm³/mol. The van der Waals surface area contributed by atoms with Crippen LogP contribution in [0.3, 0.4) is 0 Å². The topological polar surface area (TPSA) is 26.0 Å². The molecule has 2 nitrogen and oxygen atoms in total. The van der Waals surface area contributed by atoms with Crippen LogP contribution in [-0.2, 0) is 6.42 Å². The number of rotatable bonds is 2. The van der Waals surface area contributed by atoms with E-state index in [0.717, 1.165) is 39.6 Å². The SMILES string of the molecule is CC(C)(C)Cc1ccnc(-c2cccc3c2oc2cc4c(ccc5ccccc54)cc23)c1. The number of fused-ring (bicyclic) bond motifs is 6. The van der Waals surface area contributed by atoms with Gasteiger partial charge in [-0.25, -0.2) is 0 Å². The summed E-state index contributed by atoms with van der Waals surface area (Å²) in [6, 6.07) is 28.1. The number of aromatic nitrogens is 1. The molecule has 2 aromatic heterocycles. The van der Waals surface area contributed by atoms with Gasteiger partial charge in [-0.1, -0.05) is 69.3 Å². The van der Waals surface area contributed by atoms with E-state index in [1.165, 1.54) is 27.1 Å². The van der Waals surface area contributed by atoms with Crippen molar-refractivity contribution in [2.45, 2.75) is 27.2 Å². The summed E-state index contributed by atoms with van der Waals surface area (Å²) in [6.07, 6.45) is 2.93. The van der Waals surface area contributed by atoms with E-state index in [1.54, 1.807) is 0 Å². The van der Waals surface area contributed by atoms with Crippen molar-refractivity contribution >= 4 is 43.5 Å². The van der Waals surface area contributed by atoms with Gasteiger partial charge in [0, 0.05) is 22.5 Å². The van der Waals surface area contributed by atoms with Gasteiger partial charge >= 0.3 is 0 Å². The van der Waals surface area contributed by atoms with Crippen LogP contribution in [0.1, 0.15) is 26.3 Å². The summed E-state index contributed by atoms with van der Waals surface area (Å²) in [4.78, 5) is 4.70. The van der Waals surface area contributed by atoms with Gasteiger partial charge in [0.05, 0.1) is 5.69 Å². The minimum Gasteiger partial charge on any atom is -0.455 e. The van der Waals surface area contributed by atoms with Crippen molar-refractivity contribution in [3.05, 3.63) is 90.6 Å². The highest BCUT2D eigenvalue weighted by molar-refractivity contribution is 6.17. The third-order valence-corrected chi connectivity index (χ3v) is 6.20. The molecule has 32 heavy (non-hydrogen) atoms. The zero-order valence-electron chi connectivity index (χ0n) is 18.6. The van der Waals surface area contributed by atoms with E-state index in [0.29, 0.717) is 0 Å². The van der Waals surface area contributed by atoms with E-state index in [4.69, 9.17) is 9.40 Å². The van der Waals surface area contributed by atoms with Crippen molar-refractivity contribution in [3.63, 3.8) is 0 Å². The maximum Gasteiger partial charge on any atom is 0.144 e. The number of para-hydroxylation sites is 1. The van der Waals surface area contributed by atoms with E-state index in [9.17, 15) is 0 Å². The van der Waals surface area contributed by atoms with Gasteiger partial charge in [-0.15, -0.1) is 0 Å². The van der Waals surface area contributed by atoms with Crippen molar-refractivity contribution in [2.24, 2.45) is 5.41 Å². The average Bonchev–Trinajstić information content (AvgIpc) is 3.14. The molecule has 0 atom stereocenters. The summed E-state index contributed by atoms with van der Waals surface area (Å²) in [6.45, 7) is 6.80. The molecule has 4 aromatic carbocycles. The highest BCUT2D eigenvalue weighted by Crippen LogP contribution is 2.38. The molecule has 2 heteroatoms. The van der Waals surface area contributed by atoms with Crippen LogP contribution in [0.2, 0.25) is 0 Å². The first-order valence-electron chi connectivity index (χ1n) is 11.2. The van der Waals surface area contributed by atoms with Crippen LogP contribution >= 0.6 is 0 Å². The largest absolute Gasteiger partial charge is 0.455 e. The highest BCUT2D eigenvalue weighted by atomic mass is 16.3. The van der Waals surface area contributed by atoms with Gasteiger partial charge in [0.25, 0.3) is 0 Å². The first kappa shape index (κ1) is 19.1. The van der Waals surface area contributed by atoms with Crippen LogP contribution in [0.15, 0.2) is 89.5 Å². The van der Waals surface area contributed by atoms with Crippen molar-refractivity contribution in [1.82, 2.24) is 4.98 Å². The Morgan fingerprint density at radius 1 is 0.719 bits per heavy atom. The summed E-state index contributed by atoms with van der Waals surface area (Å²) in [7, 11) is 0. The van der Waals surface area contributed by atoms with E-state index in [2.05, 4.69) is 99.6 Å². The second kappa shape index (κ2) is 6.93. The van der Waals surface area contributed by atoms with E-state index >= 15 is 0 Å². The van der Waals surface area contributed by atoms with E-state index in [1.807, 2.05) is 6.20 Å². The third-order valence-electron chi connectivity index (χ3n) is 6.20. The number of hydrogen-bond acceptors (Lipinski definition) is 2. The molecule has 156 valence electrons. The summed E-state index contributed by atoms with van der Waals surface area (Å²) in [5, 5.41) is 7.24. The second-order valence-electron chi connectivity index (χ2n) is 9.93. The molecule has 0 N–H and O–H groups in total. The number of nitrogens with zero attached hydrogens (tertiary/aromatic N) is 1. The molecule has 2 heterocycles. The Bertz CT molecular complexity index is 1630. The lowest BCUT2D eigenvalue weighted by molar-refractivity contribution is 0.411. The fraction of sp³-hybridized carbons (Fsp3) is 0.167. The average molecular weight is 416 g/mol. The van der Waals surface area contributed by atoms with Crippen LogP contribution in [-0.4, -0.2) is 4.98 Å². The fourth-order valence-corrected chi connectivity index (χ4v) is 4.84. The van der Waals surface area contributed by atoms with Crippen LogP contribution < -0.4 is 0 Å². The Hall–Kier alpha value is -3.65. The summed E-state index contributed by atoms with van der Waals surface area (Å²) < 4.78 is 6.50. The van der Waals surface area contributed by atoms with Crippen molar-refractivity contribution in [2.75, 3.05) is 0 Å². The Kier molecular flexibility index (Phi) is 4.13. The smallest absolute Gasteiger partial charge is 0.144 e. The first-order valence-corrected chi connectivity index (χ1v) is 11.2. The van der Waals surface area contributed by atoms with E-state index < -0.39 is 0 Å². The van der Waals surface area contributed by atoms with Crippen LogP contribution in [0.5, 0.6) is 0 Å². The molecule has 0 aliphatic carbocycles.